The highest BCUT2D eigenvalue weighted by atomic mass is 32.1. The van der Waals surface area contributed by atoms with Gasteiger partial charge in [-0.05, 0) is 45.0 Å². The molecule has 0 amide bonds. The standard InChI is InChI=1S/C35H23NS/c1-2-9-25(10-3-1)28-12-4-5-13-30(28)31-15-7-17-33-32-16-6-14-29(34(32)37-35(31)33)26-20-18-24(19-21-26)27-11-8-22-36-23-27/h1-23H. The molecule has 0 spiro atoms. The van der Waals surface area contributed by atoms with Crippen LogP contribution in [0, 0.1) is 0 Å². The number of hydrogen-bond acceptors (Lipinski definition) is 2. The molecule has 1 nitrogen and oxygen atoms in total. The number of aromatic nitrogens is 1. The summed E-state index contributed by atoms with van der Waals surface area (Å²) in [5.41, 5.74) is 9.89. The smallest absolute Gasteiger partial charge is 0.0434 e. The number of rotatable bonds is 4. The minimum atomic E-state index is 1.14. The summed E-state index contributed by atoms with van der Waals surface area (Å²) >= 11 is 1.90. The minimum absolute atomic E-state index is 1.14. The lowest BCUT2D eigenvalue weighted by molar-refractivity contribution is 1.33. The molecule has 0 saturated carbocycles. The fourth-order valence-electron chi connectivity index (χ4n) is 5.22. The predicted molar refractivity (Wildman–Crippen MR) is 159 cm³/mol. The first kappa shape index (κ1) is 21.7. The maximum atomic E-state index is 4.27. The number of benzene rings is 5. The van der Waals surface area contributed by atoms with Crippen molar-refractivity contribution in [2.45, 2.75) is 0 Å². The Kier molecular flexibility index (Phi) is 5.38. The maximum Gasteiger partial charge on any atom is 0.0434 e. The summed E-state index contributed by atoms with van der Waals surface area (Å²) in [6.45, 7) is 0. The van der Waals surface area contributed by atoms with Crippen molar-refractivity contribution in [3.63, 3.8) is 0 Å². The van der Waals surface area contributed by atoms with Crippen molar-refractivity contribution >= 4 is 31.5 Å². The molecule has 0 radical (unpaired) electrons. The average molecular weight is 490 g/mol. The first-order valence-corrected chi connectivity index (χ1v) is 13.3. The highest BCUT2D eigenvalue weighted by Crippen LogP contribution is 2.45. The van der Waals surface area contributed by atoms with Crippen LogP contribution in [0.15, 0.2) is 140 Å². The summed E-state index contributed by atoms with van der Waals surface area (Å²) in [7, 11) is 0. The topological polar surface area (TPSA) is 12.9 Å². The first-order valence-electron chi connectivity index (χ1n) is 12.5. The third-order valence-corrected chi connectivity index (χ3v) is 8.31. The van der Waals surface area contributed by atoms with E-state index in [0.717, 1.165) is 5.56 Å². The quantitative estimate of drug-likeness (QED) is 0.240. The van der Waals surface area contributed by atoms with Crippen LogP contribution in [0.4, 0.5) is 0 Å². The van der Waals surface area contributed by atoms with E-state index in [1.807, 2.05) is 29.8 Å². The van der Waals surface area contributed by atoms with Crippen molar-refractivity contribution in [2.75, 3.05) is 0 Å². The summed E-state index contributed by atoms with van der Waals surface area (Å²) in [6.07, 6.45) is 3.73. The zero-order valence-corrected chi connectivity index (χ0v) is 21.0. The molecule has 5 aromatic carbocycles. The van der Waals surface area contributed by atoms with Crippen molar-refractivity contribution in [2.24, 2.45) is 0 Å². The highest BCUT2D eigenvalue weighted by molar-refractivity contribution is 7.26. The largest absolute Gasteiger partial charge is 0.264 e. The monoisotopic (exact) mass is 489 g/mol. The number of pyridine rings is 1. The summed E-state index contributed by atoms with van der Waals surface area (Å²) < 4.78 is 2.66. The molecule has 2 heterocycles. The Hall–Kier alpha value is -4.53. The Bertz CT molecular complexity index is 1850. The van der Waals surface area contributed by atoms with E-state index in [1.165, 1.54) is 59.1 Å². The Morgan fingerprint density at radius 3 is 1.68 bits per heavy atom. The van der Waals surface area contributed by atoms with E-state index < -0.39 is 0 Å². The molecule has 7 rings (SSSR count). The van der Waals surface area contributed by atoms with Gasteiger partial charge >= 0.3 is 0 Å². The van der Waals surface area contributed by atoms with Crippen molar-refractivity contribution in [3.05, 3.63) is 140 Å². The lowest BCUT2D eigenvalue weighted by Gasteiger charge is -2.11. The van der Waals surface area contributed by atoms with Crippen LogP contribution >= 0.6 is 11.3 Å². The summed E-state index contributed by atoms with van der Waals surface area (Å²) in [5, 5.41) is 2.63. The number of fused-ring (bicyclic) bond motifs is 3. The highest BCUT2D eigenvalue weighted by Gasteiger charge is 2.16. The van der Waals surface area contributed by atoms with Gasteiger partial charge in [-0.2, -0.15) is 0 Å². The first-order chi connectivity index (χ1) is 18.4. The van der Waals surface area contributed by atoms with Gasteiger partial charge in [0.2, 0.25) is 0 Å². The van der Waals surface area contributed by atoms with E-state index in [2.05, 4.69) is 126 Å². The molecule has 2 aromatic heterocycles. The SMILES string of the molecule is c1ccc(-c2ccccc2-c2cccc3c2sc2c(-c4ccc(-c5cccnc5)cc4)cccc23)cc1. The lowest BCUT2D eigenvalue weighted by atomic mass is 9.93. The minimum Gasteiger partial charge on any atom is -0.264 e. The van der Waals surface area contributed by atoms with Crippen molar-refractivity contribution in [3.8, 4) is 44.5 Å². The Morgan fingerprint density at radius 2 is 0.946 bits per heavy atom. The third-order valence-electron chi connectivity index (χ3n) is 7.02. The van der Waals surface area contributed by atoms with Gasteiger partial charge in [-0.15, -0.1) is 11.3 Å². The van der Waals surface area contributed by atoms with Crippen molar-refractivity contribution in [1.82, 2.24) is 4.98 Å². The van der Waals surface area contributed by atoms with Gasteiger partial charge in [-0.25, -0.2) is 0 Å². The van der Waals surface area contributed by atoms with Gasteiger partial charge in [0.1, 0.15) is 0 Å². The zero-order valence-electron chi connectivity index (χ0n) is 20.1. The Labute approximate surface area is 220 Å². The van der Waals surface area contributed by atoms with Crippen LogP contribution in [0.25, 0.3) is 64.7 Å². The molecular weight excluding hydrogens is 466 g/mol. The second kappa shape index (κ2) is 9.16. The molecular formula is C35H23NS. The molecule has 0 N–H and O–H groups in total. The normalized spacial score (nSPS) is 11.2. The Balaban J connectivity index is 1.39. The summed E-state index contributed by atoms with van der Waals surface area (Å²) in [5.74, 6) is 0. The molecule has 0 bridgehead atoms. The number of hydrogen-bond donors (Lipinski definition) is 0. The number of thiophene rings is 1. The van der Waals surface area contributed by atoms with Crippen LogP contribution in [-0.2, 0) is 0 Å². The van der Waals surface area contributed by atoms with Gasteiger partial charge in [0.15, 0.2) is 0 Å². The molecule has 0 unspecified atom stereocenters. The van der Waals surface area contributed by atoms with Crippen LogP contribution in [-0.4, -0.2) is 4.98 Å². The molecule has 7 aromatic rings. The van der Waals surface area contributed by atoms with E-state index >= 15 is 0 Å². The summed E-state index contributed by atoms with van der Waals surface area (Å²) in [4.78, 5) is 4.27. The maximum absolute atomic E-state index is 4.27. The van der Waals surface area contributed by atoms with Gasteiger partial charge in [-0.3, -0.25) is 4.98 Å². The van der Waals surface area contributed by atoms with Crippen LogP contribution in [0.5, 0.6) is 0 Å². The van der Waals surface area contributed by atoms with Gasteiger partial charge in [0.25, 0.3) is 0 Å². The molecule has 2 heteroatoms. The van der Waals surface area contributed by atoms with Crippen LogP contribution in [0.3, 0.4) is 0 Å². The molecule has 37 heavy (non-hydrogen) atoms. The summed E-state index contributed by atoms with van der Waals surface area (Å²) in [6, 6.07) is 45.8. The lowest BCUT2D eigenvalue weighted by Crippen LogP contribution is -1.85. The molecule has 0 saturated heterocycles. The number of nitrogens with zero attached hydrogens (tertiary/aromatic N) is 1. The van der Waals surface area contributed by atoms with Crippen LogP contribution in [0.1, 0.15) is 0 Å². The van der Waals surface area contributed by atoms with E-state index in [4.69, 9.17) is 0 Å². The molecule has 0 fully saturated rings. The van der Waals surface area contributed by atoms with Gasteiger partial charge in [-0.1, -0.05) is 121 Å². The van der Waals surface area contributed by atoms with Crippen molar-refractivity contribution in [1.29, 1.82) is 0 Å². The van der Waals surface area contributed by atoms with Crippen LogP contribution < -0.4 is 0 Å². The molecule has 0 aliphatic rings. The molecule has 174 valence electrons. The Morgan fingerprint density at radius 1 is 0.378 bits per heavy atom. The van der Waals surface area contributed by atoms with E-state index in [1.54, 1.807) is 0 Å². The van der Waals surface area contributed by atoms with E-state index in [-0.39, 0.29) is 0 Å². The van der Waals surface area contributed by atoms with Gasteiger partial charge in [0, 0.05) is 38.1 Å². The predicted octanol–water partition coefficient (Wildman–Crippen LogP) is 10.1. The zero-order chi connectivity index (χ0) is 24.6. The third kappa shape index (κ3) is 3.83. The molecule has 0 atom stereocenters. The van der Waals surface area contributed by atoms with Gasteiger partial charge < -0.3 is 0 Å². The molecule has 0 aliphatic carbocycles. The van der Waals surface area contributed by atoms with E-state index in [9.17, 15) is 0 Å². The average Bonchev–Trinajstić information content (AvgIpc) is 3.37. The fourth-order valence-corrected chi connectivity index (χ4v) is 6.59. The second-order valence-corrected chi connectivity index (χ2v) is 10.2. The fraction of sp³-hybridized carbons (Fsp3) is 0. The molecule has 0 aliphatic heterocycles. The van der Waals surface area contributed by atoms with Gasteiger partial charge in [0.05, 0.1) is 0 Å². The van der Waals surface area contributed by atoms with Crippen molar-refractivity contribution < 1.29 is 0 Å². The second-order valence-electron chi connectivity index (χ2n) is 9.20. The van der Waals surface area contributed by atoms with E-state index in [0.29, 0.717) is 0 Å². The van der Waals surface area contributed by atoms with Crippen LogP contribution in [0.2, 0.25) is 0 Å².